The molecule has 0 saturated heterocycles. The third-order valence-corrected chi connectivity index (χ3v) is 3.98. The Hall–Kier alpha value is -1.39. The molecule has 5 heteroatoms. The zero-order valence-electron chi connectivity index (χ0n) is 12.6. The third kappa shape index (κ3) is 3.38. The number of esters is 2. The molecule has 0 amide bonds. The molecule has 0 heterocycles. The first-order chi connectivity index (χ1) is 9.48. The van der Waals surface area contributed by atoms with Crippen molar-refractivity contribution in [3.05, 3.63) is 0 Å². The van der Waals surface area contributed by atoms with Crippen LogP contribution in [0.25, 0.3) is 0 Å². The number of ether oxygens (including phenoxy) is 2. The molecule has 1 aliphatic rings. The van der Waals surface area contributed by atoms with E-state index in [1.54, 1.807) is 20.8 Å². The van der Waals surface area contributed by atoms with E-state index in [1.165, 1.54) is 0 Å². The topological polar surface area (TPSA) is 69.7 Å². The fraction of sp³-hybridized carbons (Fsp3) is 0.800. The van der Waals surface area contributed by atoms with Crippen LogP contribution in [0.2, 0.25) is 0 Å². The number of hydrogen-bond acceptors (Lipinski definition) is 5. The van der Waals surface area contributed by atoms with Crippen molar-refractivity contribution in [2.45, 2.75) is 52.9 Å². The number of carbonyl (C=O) groups is 3. The fourth-order valence-electron chi connectivity index (χ4n) is 2.89. The summed E-state index contributed by atoms with van der Waals surface area (Å²) in [5.41, 5.74) is -1.17. The molecule has 0 unspecified atom stereocenters. The van der Waals surface area contributed by atoms with Crippen LogP contribution >= 0.6 is 0 Å². The van der Waals surface area contributed by atoms with Gasteiger partial charge in [0.05, 0.1) is 13.2 Å². The van der Waals surface area contributed by atoms with E-state index in [1.807, 2.05) is 0 Å². The Morgan fingerprint density at radius 1 is 1.20 bits per heavy atom. The van der Waals surface area contributed by atoms with Gasteiger partial charge < -0.3 is 9.47 Å². The lowest BCUT2D eigenvalue weighted by atomic mass is 9.64. The van der Waals surface area contributed by atoms with Gasteiger partial charge >= 0.3 is 11.9 Å². The molecule has 0 radical (unpaired) electrons. The van der Waals surface area contributed by atoms with Gasteiger partial charge in [-0.1, -0.05) is 13.3 Å². The number of hydrogen-bond donors (Lipinski definition) is 0. The molecule has 0 spiro atoms. The van der Waals surface area contributed by atoms with Crippen LogP contribution in [0.15, 0.2) is 0 Å². The molecule has 2 atom stereocenters. The Bertz CT molecular complexity index is 376. The lowest BCUT2D eigenvalue weighted by Gasteiger charge is -2.37. The van der Waals surface area contributed by atoms with Crippen LogP contribution < -0.4 is 0 Å². The van der Waals surface area contributed by atoms with Gasteiger partial charge in [-0.15, -0.1) is 0 Å². The van der Waals surface area contributed by atoms with Gasteiger partial charge in [0.2, 0.25) is 0 Å². The Morgan fingerprint density at radius 3 is 2.40 bits per heavy atom. The first-order valence-electron chi connectivity index (χ1n) is 7.35. The highest BCUT2D eigenvalue weighted by Gasteiger charge is 2.52. The predicted octanol–water partition coefficient (Wildman–Crippen LogP) is 2.27. The molecule has 1 saturated carbocycles. The molecule has 0 aromatic heterocycles. The maximum Gasteiger partial charge on any atom is 0.319 e. The zero-order valence-corrected chi connectivity index (χ0v) is 12.6. The molecule has 0 aromatic rings. The summed E-state index contributed by atoms with van der Waals surface area (Å²) in [5.74, 6) is -1.35. The van der Waals surface area contributed by atoms with Gasteiger partial charge in [-0.05, 0) is 32.6 Å². The highest BCUT2D eigenvalue weighted by molar-refractivity contribution is 6.05. The largest absolute Gasteiger partial charge is 0.466 e. The van der Waals surface area contributed by atoms with Gasteiger partial charge in [0.1, 0.15) is 11.2 Å². The third-order valence-electron chi connectivity index (χ3n) is 3.98. The quantitative estimate of drug-likeness (QED) is 0.553. The summed E-state index contributed by atoms with van der Waals surface area (Å²) >= 11 is 0. The van der Waals surface area contributed by atoms with Gasteiger partial charge in [0.25, 0.3) is 0 Å². The summed E-state index contributed by atoms with van der Waals surface area (Å²) in [6.45, 7) is 5.74. The SMILES string of the molecule is CCOC(=O)C[C@H](C)[C@]1(C(=O)OCC)CCCCC1=O. The summed E-state index contributed by atoms with van der Waals surface area (Å²) in [6.07, 6.45) is 2.51. The molecule has 0 aromatic carbocycles. The van der Waals surface area contributed by atoms with Gasteiger partial charge in [-0.3, -0.25) is 14.4 Å². The van der Waals surface area contributed by atoms with Crippen LogP contribution in [0.1, 0.15) is 52.9 Å². The van der Waals surface area contributed by atoms with Crippen molar-refractivity contribution < 1.29 is 23.9 Å². The van der Waals surface area contributed by atoms with E-state index in [-0.39, 0.29) is 24.8 Å². The Labute approximate surface area is 120 Å². The lowest BCUT2D eigenvalue weighted by Crippen LogP contribution is -2.48. The highest BCUT2D eigenvalue weighted by Crippen LogP contribution is 2.42. The second-order valence-electron chi connectivity index (χ2n) is 5.23. The molecule has 0 N–H and O–H groups in total. The summed E-state index contributed by atoms with van der Waals surface area (Å²) in [5, 5.41) is 0. The first kappa shape index (κ1) is 16.7. The van der Waals surface area contributed by atoms with Crippen LogP contribution in [0, 0.1) is 11.3 Å². The van der Waals surface area contributed by atoms with Crippen LogP contribution in [0.4, 0.5) is 0 Å². The summed E-state index contributed by atoms with van der Waals surface area (Å²) < 4.78 is 10.0. The van der Waals surface area contributed by atoms with Gasteiger partial charge in [-0.25, -0.2) is 0 Å². The normalized spacial score (nSPS) is 24.1. The molecular weight excluding hydrogens is 260 g/mol. The number of ketones is 1. The standard InChI is InChI=1S/C15H24O5/c1-4-19-13(17)10-11(3)15(14(18)20-5-2)9-7-6-8-12(15)16/h11H,4-10H2,1-3H3/t11-,15+/m0/s1. The average molecular weight is 284 g/mol. The summed E-state index contributed by atoms with van der Waals surface area (Å²) in [6, 6.07) is 0. The van der Waals surface area contributed by atoms with Crippen LogP contribution in [0.3, 0.4) is 0 Å². The van der Waals surface area contributed by atoms with Crippen molar-refractivity contribution in [3.63, 3.8) is 0 Å². The molecule has 1 aliphatic carbocycles. The van der Waals surface area contributed by atoms with E-state index < -0.39 is 17.3 Å². The van der Waals surface area contributed by atoms with Crippen LogP contribution in [-0.2, 0) is 23.9 Å². The van der Waals surface area contributed by atoms with Crippen molar-refractivity contribution in [1.29, 1.82) is 0 Å². The molecule has 5 nitrogen and oxygen atoms in total. The number of carbonyl (C=O) groups excluding carboxylic acids is 3. The molecule has 0 aliphatic heterocycles. The Balaban J connectivity index is 2.94. The van der Waals surface area contributed by atoms with Gasteiger partial charge in [-0.2, -0.15) is 0 Å². The van der Waals surface area contributed by atoms with E-state index in [2.05, 4.69) is 0 Å². The smallest absolute Gasteiger partial charge is 0.319 e. The maximum atomic E-state index is 12.4. The fourth-order valence-corrected chi connectivity index (χ4v) is 2.89. The van der Waals surface area contributed by atoms with Crippen LogP contribution in [0.5, 0.6) is 0 Å². The zero-order chi connectivity index (χ0) is 15.2. The number of Topliss-reactive ketones (excluding diaryl/α,β-unsaturated/α-hetero) is 1. The minimum atomic E-state index is -1.17. The van der Waals surface area contributed by atoms with Crippen molar-refractivity contribution in [2.24, 2.45) is 11.3 Å². The predicted molar refractivity (Wildman–Crippen MR) is 73.0 cm³/mol. The monoisotopic (exact) mass is 284 g/mol. The first-order valence-corrected chi connectivity index (χ1v) is 7.35. The van der Waals surface area contributed by atoms with Crippen molar-refractivity contribution >= 4 is 17.7 Å². The highest BCUT2D eigenvalue weighted by atomic mass is 16.5. The Morgan fingerprint density at radius 2 is 1.85 bits per heavy atom. The van der Waals surface area contributed by atoms with E-state index >= 15 is 0 Å². The summed E-state index contributed by atoms with van der Waals surface area (Å²) in [7, 11) is 0. The molecule has 0 bridgehead atoms. The second kappa shape index (κ2) is 7.41. The van der Waals surface area contributed by atoms with E-state index in [9.17, 15) is 14.4 Å². The van der Waals surface area contributed by atoms with E-state index in [0.29, 0.717) is 19.4 Å². The summed E-state index contributed by atoms with van der Waals surface area (Å²) in [4.78, 5) is 36.3. The minimum Gasteiger partial charge on any atom is -0.466 e. The molecule has 1 rings (SSSR count). The van der Waals surface area contributed by atoms with Crippen molar-refractivity contribution in [3.8, 4) is 0 Å². The molecule has 20 heavy (non-hydrogen) atoms. The number of rotatable bonds is 6. The van der Waals surface area contributed by atoms with Crippen LogP contribution in [-0.4, -0.2) is 30.9 Å². The minimum absolute atomic E-state index is 0.0679. The van der Waals surface area contributed by atoms with Gasteiger partial charge in [0, 0.05) is 12.8 Å². The Kier molecular flexibility index (Phi) is 6.17. The van der Waals surface area contributed by atoms with Gasteiger partial charge in [0.15, 0.2) is 0 Å². The van der Waals surface area contributed by atoms with E-state index in [0.717, 1.165) is 12.8 Å². The molecule has 114 valence electrons. The average Bonchev–Trinajstić information content (AvgIpc) is 2.39. The second-order valence-corrected chi connectivity index (χ2v) is 5.23. The molecular formula is C15H24O5. The van der Waals surface area contributed by atoms with Crippen molar-refractivity contribution in [2.75, 3.05) is 13.2 Å². The van der Waals surface area contributed by atoms with Crippen molar-refractivity contribution in [1.82, 2.24) is 0 Å². The molecule has 1 fully saturated rings. The lowest BCUT2D eigenvalue weighted by molar-refractivity contribution is -0.167. The maximum absolute atomic E-state index is 12.4. The van der Waals surface area contributed by atoms with E-state index in [4.69, 9.17) is 9.47 Å².